The number of aromatic nitrogens is 3. The molecule has 0 aliphatic heterocycles. The van der Waals surface area contributed by atoms with Crippen LogP contribution in [0.1, 0.15) is 18.9 Å². The summed E-state index contributed by atoms with van der Waals surface area (Å²) in [5.41, 5.74) is 1.68. The number of rotatable bonds is 9. The molecule has 0 amide bonds. The van der Waals surface area contributed by atoms with Crippen LogP contribution in [0.5, 0.6) is 0 Å². The molecule has 0 spiro atoms. The highest BCUT2D eigenvalue weighted by Crippen LogP contribution is 2.26. The van der Waals surface area contributed by atoms with Crippen molar-refractivity contribution in [2.75, 3.05) is 13.2 Å². The highest BCUT2D eigenvalue weighted by molar-refractivity contribution is 7.71. The highest BCUT2D eigenvalue weighted by atomic mass is 35.5. The first-order valence-electron chi connectivity index (χ1n) is 9.16. The van der Waals surface area contributed by atoms with Crippen molar-refractivity contribution in [3.8, 4) is 11.5 Å². The summed E-state index contributed by atoms with van der Waals surface area (Å²) in [5, 5.41) is 5.01. The maximum atomic E-state index is 11.8. The van der Waals surface area contributed by atoms with Crippen LogP contribution >= 0.6 is 23.8 Å². The van der Waals surface area contributed by atoms with Crippen LogP contribution in [0.25, 0.3) is 11.5 Å². The van der Waals surface area contributed by atoms with Gasteiger partial charge in [0, 0.05) is 25.5 Å². The van der Waals surface area contributed by atoms with Gasteiger partial charge in [-0.3, -0.25) is 14.7 Å². The Balaban J connectivity index is 1.78. The Hall–Kier alpha value is -2.55. The van der Waals surface area contributed by atoms with Gasteiger partial charge in [0.25, 0.3) is 4.84 Å². The van der Waals surface area contributed by atoms with Crippen molar-refractivity contribution in [3.63, 3.8) is 0 Å². The second-order valence-corrected chi connectivity index (χ2v) is 7.02. The maximum Gasteiger partial charge on any atom is 0.307 e. The Morgan fingerprint density at radius 1 is 1.31 bits per heavy atom. The second kappa shape index (κ2) is 10.3. The predicted molar refractivity (Wildman–Crippen MR) is 112 cm³/mol. The van der Waals surface area contributed by atoms with Gasteiger partial charge in [0.05, 0.1) is 30.3 Å². The highest BCUT2D eigenvalue weighted by Gasteiger charge is 2.15. The van der Waals surface area contributed by atoms with E-state index >= 15 is 0 Å². The fourth-order valence-electron chi connectivity index (χ4n) is 2.76. The van der Waals surface area contributed by atoms with Crippen LogP contribution in [0.15, 0.2) is 53.2 Å². The van der Waals surface area contributed by atoms with Gasteiger partial charge >= 0.3 is 5.97 Å². The van der Waals surface area contributed by atoms with Crippen molar-refractivity contribution in [1.82, 2.24) is 19.7 Å². The molecular formula is C20H21ClN4O3S. The quantitative estimate of drug-likeness (QED) is 0.368. The SMILES string of the molecule is CCOC(=O)CCN(Cc1cccnc1)Cn1nc(-c2ccccc2Cl)oc1=S. The fourth-order valence-corrected chi connectivity index (χ4v) is 3.15. The molecule has 0 bridgehead atoms. The third-order valence-corrected chi connectivity index (χ3v) is 4.73. The van der Waals surface area contributed by atoms with E-state index in [9.17, 15) is 4.79 Å². The van der Waals surface area contributed by atoms with Crippen LogP contribution in [-0.2, 0) is 22.7 Å². The molecule has 0 unspecified atom stereocenters. The summed E-state index contributed by atoms with van der Waals surface area (Å²) in [4.78, 5) is 18.2. The topological polar surface area (TPSA) is 73.4 Å². The summed E-state index contributed by atoms with van der Waals surface area (Å²) in [7, 11) is 0. The van der Waals surface area contributed by atoms with Crippen molar-refractivity contribution < 1.29 is 13.9 Å². The lowest BCUT2D eigenvalue weighted by Crippen LogP contribution is -2.29. The van der Waals surface area contributed by atoms with Crippen LogP contribution in [0.2, 0.25) is 5.02 Å². The lowest BCUT2D eigenvalue weighted by molar-refractivity contribution is -0.143. The molecule has 2 aromatic heterocycles. The number of pyridine rings is 1. The Labute approximate surface area is 178 Å². The number of carbonyl (C=O) groups is 1. The number of nitrogens with zero attached hydrogens (tertiary/aromatic N) is 4. The Bertz CT molecular complexity index is 1010. The second-order valence-electron chi connectivity index (χ2n) is 6.26. The molecule has 0 N–H and O–H groups in total. The standard InChI is InChI=1S/C20H21ClN4O3S/c1-2-27-18(26)9-11-24(13-15-6-5-10-22-12-15)14-25-20(29)28-19(23-25)16-7-3-4-8-17(16)21/h3-8,10,12H,2,9,11,13-14H2,1H3. The van der Waals surface area contributed by atoms with Crippen molar-refractivity contribution in [2.24, 2.45) is 0 Å². The first-order chi connectivity index (χ1) is 14.1. The molecule has 7 nitrogen and oxygen atoms in total. The van der Waals surface area contributed by atoms with Gasteiger partial charge in [-0.2, -0.15) is 0 Å². The number of esters is 1. The molecule has 1 aromatic carbocycles. The molecule has 2 heterocycles. The predicted octanol–water partition coefficient (Wildman–Crippen LogP) is 4.33. The van der Waals surface area contributed by atoms with E-state index in [0.29, 0.717) is 42.8 Å². The summed E-state index contributed by atoms with van der Waals surface area (Å²) < 4.78 is 12.3. The first-order valence-corrected chi connectivity index (χ1v) is 9.95. The van der Waals surface area contributed by atoms with Crippen molar-refractivity contribution >= 4 is 29.8 Å². The zero-order chi connectivity index (χ0) is 20.6. The van der Waals surface area contributed by atoms with Crippen molar-refractivity contribution in [3.05, 3.63) is 64.2 Å². The van der Waals surface area contributed by atoms with Crippen LogP contribution < -0.4 is 0 Å². The van der Waals surface area contributed by atoms with E-state index in [0.717, 1.165) is 5.56 Å². The Kier molecular flexibility index (Phi) is 7.51. The van der Waals surface area contributed by atoms with Gasteiger partial charge in [0.2, 0.25) is 5.89 Å². The van der Waals surface area contributed by atoms with E-state index in [1.165, 1.54) is 0 Å². The minimum Gasteiger partial charge on any atom is -0.466 e. The normalized spacial score (nSPS) is 11.0. The average molecular weight is 433 g/mol. The molecule has 0 aliphatic rings. The summed E-state index contributed by atoms with van der Waals surface area (Å²) in [6, 6.07) is 11.1. The van der Waals surface area contributed by atoms with Gasteiger partial charge in [-0.15, -0.1) is 5.10 Å². The number of hydrogen-bond acceptors (Lipinski definition) is 7. The van der Waals surface area contributed by atoms with Crippen molar-refractivity contribution in [1.29, 1.82) is 0 Å². The Morgan fingerprint density at radius 3 is 2.86 bits per heavy atom. The van der Waals surface area contributed by atoms with Gasteiger partial charge in [-0.05, 0) is 42.9 Å². The molecule has 3 rings (SSSR count). The number of ether oxygens (including phenoxy) is 1. The fraction of sp³-hybridized carbons (Fsp3) is 0.300. The van der Waals surface area contributed by atoms with E-state index in [2.05, 4.69) is 10.1 Å². The van der Waals surface area contributed by atoms with Gasteiger partial charge in [-0.1, -0.05) is 29.8 Å². The van der Waals surface area contributed by atoms with E-state index in [1.807, 2.05) is 35.2 Å². The van der Waals surface area contributed by atoms with Crippen LogP contribution in [-0.4, -0.2) is 38.8 Å². The molecule has 9 heteroatoms. The molecule has 29 heavy (non-hydrogen) atoms. The van der Waals surface area contributed by atoms with E-state index in [-0.39, 0.29) is 17.2 Å². The molecule has 152 valence electrons. The average Bonchev–Trinajstić information content (AvgIpc) is 3.07. The van der Waals surface area contributed by atoms with Crippen molar-refractivity contribution in [2.45, 2.75) is 26.6 Å². The zero-order valence-corrected chi connectivity index (χ0v) is 17.5. The molecule has 0 fully saturated rings. The summed E-state index contributed by atoms with van der Waals surface area (Å²) in [5.74, 6) is 0.108. The molecular weight excluding hydrogens is 412 g/mol. The molecule has 0 aliphatic carbocycles. The first kappa shape index (κ1) is 21.2. The minimum atomic E-state index is -0.246. The third kappa shape index (κ3) is 5.96. The minimum absolute atomic E-state index is 0.229. The lowest BCUT2D eigenvalue weighted by atomic mass is 10.2. The maximum absolute atomic E-state index is 11.8. The zero-order valence-electron chi connectivity index (χ0n) is 16.0. The third-order valence-electron chi connectivity index (χ3n) is 4.11. The van der Waals surface area contributed by atoms with Gasteiger partial charge < -0.3 is 9.15 Å². The van der Waals surface area contributed by atoms with Crippen LogP contribution in [0, 0.1) is 4.84 Å². The summed E-state index contributed by atoms with van der Waals surface area (Å²) >= 11 is 11.6. The lowest BCUT2D eigenvalue weighted by Gasteiger charge is -2.21. The monoisotopic (exact) mass is 432 g/mol. The van der Waals surface area contributed by atoms with Gasteiger partial charge in [-0.25, -0.2) is 4.68 Å². The van der Waals surface area contributed by atoms with E-state index in [1.54, 1.807) is 30.1 Å². The number of hydrogen-bond donors (Lipinski definition) is 0. The number of halogens is 1. The molecule has 3 aromatic rings. The Morgan fingerprint density at radius 2 is 2.14 bits per heavy atom. The smallest absolute Gasteiger partial charge is 0.307 e. The van der Waals surface area contributed by atoms with E-state index < -0.39 is 0 Å². The summed E-state index contributed by atoms with van der Waals surface area (Å²) in [6.45, 7) is 3.54. The van der Waals surface area contributed by atoms with Crippen LogP contribution in [0.4, 0.5) is 0 Å². The largest absolute Gasteiger partial charge is 0.466 e. The number of benzene rings is 1. The molecule has 0 saturated heterocycles. The molecule has 0 atom stereocenters. The van der Waals surface area contributed by atoms with E-state index in [4.69, 9.17) is 33.0 Å². The van der Waals surface area contributed by atoms with Gasteiger partial charge in [0.15, 0.2) is 0 Å². The summed E-state index contributed by atoms with van der Waals surface area (Å²) in [6.07, 6.45) is 3.77. The molecule has 0 saturated carbocycles. The molecule has 0 radical (unpaired) electrons. The number of carbonyl (C=O) groups excluding carboxylic acids is 1. The van der Waals surface area contributed by atoms with Gasteiger partial charge in [0.1, 0.15) is 0 Å². The van der Waals surface area contributed by atoms with Crippen LogP contribution in [0.3, 0.4) is 0 Å².